The molecule has 4 heteroatoms. The summed E-state index contributed by atoms with van der Waals surface area (Å²) in [6.07, 6.45) is 0. The van der Waals surface area contributed by atoms with Crippen LogP contribution in [0.2, 0.25) is 0 Å². The second-order valence-electron chi connectivity index (χ2n) is 5.63. The molecule has 1 aromatic heterocycles. The second-order valence-corrected chi connectivity index (χ2v) is 5.63. The van der Waals surface area contributed by atoms with Gasteiger partial charge in [0.25, 0.3) is 0 Å². The monoisotopic (exact) mass is 282 g/mol. The van der Waals surface area contributed by atoms with Crippen molar-refractivity contribution in [2.75, 3.05) is 31.1 Å². The number of benzene rings is 1. The van der Waals surface area contributed by atoms with Crippen LogP contribution in [-0.2, 0) is 0 Å². The molecular formula is C17H22N4. The molecule has 110 valence electrons. The van der Waals surface area contributed by atoms with Crippen LogP contribution in [0.1, 0.15) is 16.8 Å². The molecule has 1 N–H and O–H groups in total. The zero-order valence-corrected chi connectivity index (χ0v) is 13.0. The van der Waals surface area contributed by atoms with Crippen LogP contribution in [0.3, 0.4) is 0 Å². The van der Waals surface area contributed by atoms with Crippen molar-refractivity contribution in [1.29, 1.82) is 0 Å². The molecule has 0 unspecified atom stereocenters. The Balaban J connectivity index is 2.07. The highest BCUT2D eigenvalue weighted by Gasteiger charge is 2.18. The lowest BCUT2D eigenvalue weighted by molar-refractivity contribution is 0.583. The van der Waals surface area contributed by atoms with Crippen molar-refractivity contribution < 1.29 is 0 Å². The first-order valence-corrected chi connectivity index (χ1v) is 7.53. The minimum absolute atomic E-state index is 0.838. The quantitative estimate of drug-likeness (QED) is 0.919. The Bertz CT molecular complexity index is 645. The highest BCUT2D eigenvalue weighted by molar-refractivity contribution is 5.63. The van der Waals surface area contributed by atoms with Gasteiger partial charge in [-0.2, -0.15) is 0 Å². The molecule has 1 aliphatic heterocycles. The molecule has 0 amide bonds. The van der Waals surface area contributed by atoms with Gasteiger partial charge >= 0.3 is 0 Å². The van der Waals surface area contributed by atoms with E-state index in [-0.39, 0.29) is 0 Å². The maximum Gasteiger partial charge on any atom is 0.162 e. The van der Waals surface area contributed by atoms with Crippen LogP contribution >= 0.6 is 0 Å². The van der Waals surface area contributed by atoms with E-state index in [2.05, 4.69) is 49.2 Å². The van der Waals surface area contributed by atoms with Gasteiger partial charge in [-0.25, -0.2) is 9.97 Å². The number of anilines is 1. The lowest BCUT2D eigenvalue weighted by Gasteiger charge is -2.30. The second kappa shape index (κ2) is 5.82. The molecule has 2 heterocycles. The van der Waals surface area contributed by atoms with E-state index in [0.717, 1.165) is 49.1 Å². The van der Waals surface area contributed by atoms with Crippen LogP contribution in [-0.4, -0.2) is 36.1 Å². The highest BCUT2D eigenvalue weighted by atomic mass is 15.2. The summed E-state index contributed by atoms with van der Waals surface area (Å²) in [7, 11) is 0. The van der Waals surface area contributed by atoms with Gasteiger partial charge in [-0.05, 0) is 26.3 Å². The first-order valence-electron chi connectivity index (χ1n) is 7.53. The summed E-state index contributed by atoms with van der Waals surface area (Å²) in [5.41, 5.74) is 4.59. The number of nitrogens with zero attached hydrogens (tertiary/aromatic N) is 3. The first-order chi connectivity index (χ1) is 10.2. The van der Waals surface area contributed by atoms with E-state index in [0.29, 0.717) is 0 Å². The summed E-state index contributed by atoms with van der Waals surface area (Å²) >= 11 is 0. The molecule has 0 saturated carbocycles. The van der Waals surface area contributed by atoms with Gasteiger partial charge in [0.15, 0.2) is 5.82 Å². The number of rotatable bonds is 2. The van der Waals surface area contributed by atoms with Crippen LogP contribution < -0.4 is 10.2 Å². The third-order valence-corrected chi connectivity index (χ3v) is 4.17. The zero-order chi connectivity index (χ0) is 14.8. The van der Waals surface area contributed by atoms with Crippen LogP contribution in [0.25, 0.3) is 11.4 Å². The SMILES string of the molecule is Cc1ccccc1-c1nc(C)c(C)c(N2CCNCC2)n1. The number of piperazine rings is 1. The lowest BCUT2D eigenvalue weighted by atomic mass is 10.1. The first kappa shape index (κ1) is 14.0. The van der Waals surface area contributed by atoms with Gasteiger partial charge in [0, 0.05) is 43.0 Å². The largest absolute Gasteiger partial charge is 0.354 e. The van der Waals surface area contributed by atoms with Gasteiger partial charge in [-0.1, -0.05) is 24.3 Å². The van der Waals surface area contributed by atoms with Gasteiger partial charge in [-0.3, -0.25) is 0 Å². The van der Waals surface area contributed by atoms with Crippen LogP contribution in [0.5, 0.6) is 0 Å². The number of nitrogens with one attached hydrogen (secondary N) is 1. The molecule has 21 heavy (non-hydrogen) atoms. The van der Waals surface area contributed by atoms with E-state index < -0.39 is 0 Å². The van der Waals surface area contributed by atoms with Crippen molar-refractivity contribution in [2.24, 2.45) is 0 Å². The minimum atomic E-state index is 0.838. The fourth-order valence-electron chi connectivity index (χ4n) is 2.74. The van der Waals surface area contributed by atoms with Crippen LogP contribution in [0.4, 0.5) is 5.82 Å². The molecule has 1 aliphatic rings. The maximum atomic E-state index is 4.87. The number of hydrogen-bond donors (Lipinski definition) is 1. The average Bonchev–Trinajstić information content (AvgIpc) is 2.51. The minimum Gasteiger partial charge on any atom is -0.354 e. The molecule has 1 aromatic carbocycles. The fraction of sp³-hybridized carbons (Fsp3) is 0.412. The standard InChI is InChI=1S/C17H22N4/c1-12-6-4-5-7-15(12)16-19-14(3)13(2)17(20-16)21-10-8-18-9-11-21/h4-7,18H,8-11H2,1-3H3. The molecule has 2 aromatic rings. The van der Waals surface area contributed by atoms with E-state index in [1.165, 1.54) is 11.1 Å². The number of aryl methyl sites for hydroxylation is 2. The van der Waals surface area contributed by atoms with E-state index in [4.69, 9.17) is 9.97 Å². The topological polar surface area (TPSA) is 41.1 Å². The Hall–Kier alpha value is -1.94. The van der Waals surface area contributed by atoms with E-state index >= 15 is 0 Å². The summed E-state index contributed by atoms with van der Waals surface area (Å²) < 4.78 is 0. The molecule has 0 radical (unpaired) electrons. The van der Waals surface area contributed by atoms with Gasteiger partial charge in [0.1, 0.15) is 5.82 Å². The fourth-order valence-corrected chi connectivity index (χ4v) is 2.74. The van der Waals surface area contributed by atoms with Crippen molar-refractivity contribution in [3.05, 3.63) is 41.1 Å². The summed E-state index contributed by atoms with van der Waals surface area (Å²) in [6.45, 7) is 10.3. The Morgan fingerprint density at radius 3 is 2.43 bits per heavy atom. The van der Waals surface area contributed by atoms with Gasteiger partial charge in [0.05, 0.1) is 0 Å². The number of hydrogen-bond acceptors (Lipinski definition) is 4. The molecule has 0 atom stereocenters. The Morgan fingerprint density at radius 1 is 1.00 bits per heavy atom. The van der Waals surface area contributed by atoms with E-state index in [1.807, 2.05) is 6.07 Å². The lowest BCUT2D eigenvalue weighted by Crippen LogP contribution is -2.44. The summed E-state index contributed by atoms with van der Waals surface area (Å²) in [4.78, 5) is 11.9. The van der Waals surface area contributed by atoms with Crippen molar-refractivity contribution >= 4 is 5.82 Å². The molecule has 1 fully saturated rings. The Morgan fingerprint density at radius 2 is 1.71 bits per heavy atom. The van der Waals surface area contributed by atoms with Crippen molar-refractivity contribution in [2.45, 2.75) is 20.8 Å². The summed E-state index contributed by atoms with van der Waals surface area (Å²) in [6, 6.07) is 8.31. The average molecular weight is 282 g/mol. The predicted octanol–water partition coefficient (Wildman–Crippen LogP) is 2.48. The Labute approximate surface area is 126 Å². The van der Waals surface area contributed by atoms with Crippen molar-refractivity contribution in [3.8, 4) is 11.4 Å². The van der Waals surface area contributed by atoms with Crippen LogP contribution in [0, 0.1) is 20.8 Å². The maximum absolute atomic E-state index is 4.87. The summed E-state index contributed by atoms with van der Waals surface area (Å²) in [5.74, 6) is 1.92. The van der Waals surface area contributed by atoms with Gasteiger partial charge < -0.3 is 10.2 Å². The Kier molecular flexibility index (Phi) is 3.88. The zero-order valence-electron chi connectivity index (χ0n) is 13.0. The molecule has 0 aliphatic carbocycles. The molecule has 3 rings (SSSR count). The van der Waals surface area contributed by atoms with Crippen molar-refractivity contribution in [1.82, 2.24) is 15.3 Å². The normalized spacial score (nSPS) is 15.3. The van der Waals surface area contributed by atoms with Crippen LogP contribution in [0.15, 0.2) is 24.3 Å². The molecule has 0 bridgehead atoms. The van der Waals surface area contributed by atoms with Gasteiger partial charge in [0.2, 0.25) is 0 Å². The molecule has 1 saturated heterocycles. The summed E-state index contributed by atoms with van der Waals surface area (Å²) in [5, 5.41) is 3.39. The molecule has 0 spiro atoms. The third-order valence-electron chi connectivity index (χ3n) is 4.17. The molecule has 4 nitrogen and oxygen atoms in total. The number of aromatic nitrogens is 2. The molecular weight excluding hydrogens is 260 g/mol. The smallest absolute Gasteiger partial charge is 0.162 e. The van der Waals surface area contributed by atoms with Crippen molar-refractivity contribution in [3.63, 3.8) is 0 Å². The third kappa shape index (κ3) is 2.76. The predicted molar refractivity (Wildman–Crippen MR) is 86.8 cm³/mol. The van der Waals surface area contributed by atoms with Gasteiger partial charge in [-0.15, -0.1) is 0 Å². The van der Waals surface area contributed by atoms with E-state index in [1.54, 1.807) is 0 Å². The highest BCUT2D eigenvalue weighted by Crippen LogP contribution is 2.26. The van der Waals surface area contributed by atoms with E-state index in [9.17, 15) is 0 Å².